The predicted molar refractivity (Wildman–Crippen MR) is 81.4 cm³/mol. The molecule has 0 N–H and O–H groups in total. The van der Waals surface area contributed by atoms with Crippen molar-refractivity contribution in [2.45, 2.75) is 11.5 Å². The van der Waals surface area contributed by atoms with Gasteiger partial charge in [0.15, 0.2) is 0 Å². The molecule has 19 heavy (non-hydrogen) atoms. The van der Waals surface area contributed by atoms with Gasteiger partial charge in [0.2, 0.25) is 0 Å². The van der Waals surface area contributed by atoms with Gasteiger partial charge in [-0.15, -0.1) is 0 Å². The van der Waals surface area contributed by atoms with Crippen LogP contribution < -0.4 is 0 Å². The Labute approximate surface area is 118 Å². The molecular formula is C15H16O2S2. The normalized spacial score (nSPS) is 13.9. The first-order valence-corrected chi connectivity index (χ1v) is 8.99. The van der Waals surface area contributed by atoms with Crippen LogP contribution in [0.5, 0.6) is 0 Å². The molecule has 0 aliphatic heterocycles. The summed E-state index contributed by atoms with van der Waals surface area (Å²) >= 11 is 0. The second-order valence-electron chi connectivity index (χ2n) is 4.26. The molecule has 2 atom stereocenters. The Morgan fingerprint density at radius 1 is 0.632 bits per heavy atom. The van der Waals surface area contributed by atoms with Gasteiger partial charge in [0, 0.05) is 33.1 Å². The Hall–Kier alpha value is -1.26. The molecule has 2 rings (SSSR count). The van der Waals surface area contributed by atoms with Gasteiger partial charge in [-0.05, 0) is 11.1 Å². The van der Waals surface area contributed by atoms with E-state index in [1.54, 1.807) is 0 Å². The van der Waals surface area contributed by atoms with Crippen molar-refractivity contribution in [1.82, 2.24) is 0 Å². The molecule has 0 bridgehead atoms. The van der Waals surface area contributed by atoms with E-state index in [9.17, 15) is 8.42 Å². The highest BCUT2D eigenvalue weighted by Crippen LogP contribution is 2.07. The second kappa shape index (κ2) is 7.36. The third-order valence-electron chi connectivity index (χ3n) is 2.60. The molecule has 0 amide bonds. The molecular weight excluding hydrogens is 276 g/mol. The molecule has 0 saturated heterocycles. The van der Waals surface area contributed by atoms with Crippen molar-refractivity contribution in [1.29, 1.82) is 0 Å². The Bertz CT molecular complexity index is 501. The Balaban J connectivity index is 1.84. The third-order valence-corrected chi connectivity index (χ3v) is 6.02. The van der Waals surface area contributed by atoms with Crippen molar-refractivity contribution >= 4 is 21.6 Å². The summed E-state index contributed by atoms with van der Waals surface area (Å²) in [5, 5.41) is 0.240. The summed E-state index contributed by atoms with van der Waals surface area (Å²) in [6, 6.07) is 19.3. The molecule has 0 spiro atoms. The van der Waals surface area contributed by atoms with Crippen LogP contribution in [0.25, 0.3) is 0 Å². The van der Waals surface area contributed by atoms with Gasteiger partial charge >= 0.3 is 0 Å². The smallest absolute Gasteiger partial charge is 0.0998 e. The van der Waals surface area contributed by atoms with E-state index in [1.807, 2.05) is 60.7 Å². The van der Waals surface area contributed by atoms with E-state index in [-0.39, 0.29) is 5.08 Å². The van der Waals surface area contributed by atoms with Crippen LogP contribution in [0.1, 0.15) is 11.1 Å². The van der Waals surface area contributed by atoms with Gasteiger partial charge in [0.25, 0.3) is 0 Å². The van der Waals surface area contributed by atoms with Crippen LogP contribution in [0.4, 0.5) is 0 Å². The Morgan fingerprint density at radius 2 is 1.00 bits per heavy atom. The number of benzene rings is 2. The third kappa shape index (κ3) is 5.09. The summed E-state index contributed by atoms with van der Waals surface area (Å²) in [4.78, 5) is 0. The number of hydrogen-bond acceptors (Lipinski definition) is 2. The van der Waals surface area contributed by atoms with E-state index in [2.05, 4.69) is 0 Å². The summed E-state index contributed by atoms with van der Waals surface area (Å²) in [5.41, 5.74) is 2.05. The van der Waals surface area contributed by atoms with Gasteiger partial charge in [-0.1, -0.05) is 60.7 Å². The standard InChI is InChI=1S/C15H16O2S2/c16-18(11-14-7-3-1-4-8-14)13-19(17)12-15-9-5-2-6-10-15/h1-10H,11-13H2/t18-,19-/m1/s1. The van der Waals surface area contributed by atoms with Gasteiger partial charge < -0.3 is 0 Å². The van der Waals surface area contributed by atoms with Crippen molar-refractivity contribution in [2.75, 3.05) is 5.08 Å². The molecule has 2 nitrogen and oxygen atoms in total. The summed E-state index contributed by atoms with van der Waals surface area (Å²) < 4.78 is 23.9. The molecule has 0 unspecified atom stereocenters. The first kappa shape index (κ1) is 14.2. The van der Waals surface area contributed by atoms with Crippen LogP contribution in [0.2, 0.25) is 0 Å². The van der Waals surface area contributed by atoms with Crippen LogP contribution in [-0.4, -0.2) is 13.5 Å². The molecule has 0 aromatic heterocycles. The Morgan fingerprint density at radius 3 is 1.37 bits per heavy atom. The van der Waals surface area contributed by atoms with Gasteiger partial charge in [-0.2, -0.15) is 0 Å². The lowest BCUT2D eigenvalue weighted by Gasteiger charge is -2.03. The first-order valence-electron chi connectivity index (χ1n) is 6.02. The molecule has 2 aromatic rings. The zero-order valence-corrected chi connectivity index (χ0v) is 12.2. The maximum absolute atomic E-state index is 11.9. The van der Waals surface area contributed by atoms with Crippen molar-refractivity contribution in [3.8, 4) is 0 Å². The summed E-state index contributed by atoms with van der Waals surface area (Å²) in [6.07, 6.45) is 0. The fourth-order valence-electron chi connectivity index (χ4n) is 1.75. The van der Waals surface area contributed by atoms with Crippen LogP contribution in [-0.2, 0) is 33.1 Å². The lowest BCUT2D eigenvalue weighted by Crippen LogP contribution is -2.08. The highest BCUT2D eigenvalue weighted by molar-refractivity contribution is 8.01. The average Bonchev–Trinajstić information content (AvgIpc) is 2.40. The summed E-state index contributed by atoms with van der Waals surface area (Å²) in [5.74, 6) is 0.947. The van der Waals surface area contributed by atoms with Crippen molar-refractivity contribution in [2.24, 2.45) is 0 Å². The van der Waals surface area contributed by atoms with E-state index < -0.39 is 21.6 Å². The quantitative estimate of drug-likeness (QED) is 0.820. The fourth-order valence-corrected chi connectivity index (χ4v) is 4.72. The molecule has 0 aliphatic carbocycles. The van der Waals surface area contributed by atoms with E-state index >= 15 is 0 Å². The molecule has 0 fully saturated rings. The van der Waals surface area contributed by atoms with Crippen molar-refractivity contribution in [3.63, 3.8) is 0 Å². The van der Waals surface area contributed by atoms with Crippen LogP contribution in [0.3, 0.4) is 0 Å². The highest BCUT2D eigenvalue weighted by Gasteiger charge is 2.08. The molecule has 0 aliphatic rings. The molecule has 0 radical (unpaired) electrons. The number of rotatable bonds is 6. The van der Waals surface area contributed by atoms with Crippen molar-refractivity contribution < 1.29 is 8.42 Å². The van der Waals surface area contributed by atoms with Gasteiger partial charge in [-0.25, -0.2) is 0 Å². The minimum absolute atomic E-state index is 0.240. The van der Waals surface area contributed by atoms with E-state index in [0.717, 1.165) is 11.1 Å². The topological polar surface area (TPSA) is 34.1 Å². The largest absolute Gasteiger partial charge is 0.258 e. The Kier molecular flexibility index (Phi) is 5.48. The fraction of sp³-hybridized carbons (Fsp3) is 0.200. The van der Waals surface area contributed by atoms with Crippen LogP contribution in [0.15, 0.2) is 60.7 Å². The monoisotopic (exact) mass is 292 g/mol. The molecule has 0 heterocycles. The molecule has 2 aromatic carbocycles. The molecule has 100 valence electrons. The summed E-state index contributed by atoms with van der Waals surface area (Å²) in [6.45, 7) is 0. The number of hydrogen-bond donors (Lipinski definition) is 0. The molecule has 0 saturated carbocycles. The van der Waals surface area contributed by atoms with E-state index in [1.165, 1.54) is 0 Å². The lowest BCUT2D eigenvalue weighted by atomic mass is 10.2. The maximum Gasteiger partial charge on any atom is 0.0998 e. The SMILES string of the molecule is O=[S@](Cc1ccccc1)C[S@](=O)Cc1ccccc1. The average molecular weight is 292 g/mol. The van der Waals surface area contributed by atoms with Gasteiger partial charge in [-0.3, -0.25) is 8.42 Å². The molecule has 4 heteroatoms. The lowest BCUT2D eigenvalue weighted by molar-refractivity contribution is 0.679. The zero-order chi connectivity index (χ0) is 13.5. The zero-order valence-electron chi connectivity index (χ0n) is 10.5. The van der Waals surface area contributed by atoms with Crippen LogP contribution >= 0.6 is 0 Å². The first-order chi connectivity index (χ1) is 9.24. The van der Waals surface area contributed by atoms with Crippen molar-refractivity contribution in [3.05, 3.63) is 71.8 Å². The van der Waals surface area contributed by atoms with Gasteiger partial charge in [0.1, 0.15) is 0 Å². The van der Waals surface area contributed by atoms with Crippen LogP contribution in [0, 0.1) is 0 Å². The highest BCUT2D eigenvalue weighted by atomic mass is 32.2. The van der Waals surface area contributed by atoms with E-state index in [0.29, 0.717) is 11.5 Å². The summed E-state index contributed by atoms with van der Waals surface area (Å²) in [7, 11) is -2.15. The van der Waals surface area contributed by atoms with E-state index in [4.69, 9.17) is 0 Å². The second-order valence-corrected chi connectivity index (χ2v) is 7.54. The predicted octanol–water partition coefficient (Wildman–Crippen LogP) is 2.84. The maximum atomic E-state index is 11.9. The minimum Gasteiger partial charge on any atom is -0.258 e. The minimum atomic E-state index is -1.07. The van der Waals surface area contributed by atoms with Gasteiger partial charge in [0.05, 0.1) is 5.08 Å².